The van der Waals surface area contributed by atoms with Gasteiger partial charge in [-0.05, 0) is 18.1 Å². The average Bonchev–Trinajstić information content (AvgIpc) is 2.36. The largest absolute Gasteiger partial charge is 0.495 e. The highest BCUT2D eigenvalue weighted by molar-refractivity contribution is 6.31. The molecule has 0 saturated heterocycles. The molecule has 0 saturated carbocycles. The highest BCUT2D eigenvalue weighted by atomic mass is 35.5. The molecule has 0 radical (unpaired) electrons. The smallest absolute Gasteiger partial charge is 0.325 e. The van der Waals surface area contributed by atoms with E-state index in [2.05, 4.69) is 10.1 Å². The number of benzene rings is 1. The van der Waals surface area contributed by atoms with Crippen molar-refractivity contribution in [3.05, 3.63) is 22.7 Å². The maximum Gasteiger partial charge on any atom is 0.325 e. The molecule has 0 unspecified atom stereocenters. The Balaban J connectivity index is 2.92. The molecule has 0 aliphatic carbocycles. The van der Waals surface area contributed by atoms with Crippen LogP contribution in [0.3, 0.4) is 0 Å². The predicted octanol–water partition coefficient (Wildman–Crippen LogP) is 2.50. The number of hydrogen-bond acceptors (Lipinski definition) is 4. The van der Waals surface area contributed by atoms with Crippen LogP contribution in [0.15, 0.2) is 12.1 Å². The van der Waals surface area contributed by atoms with Crippen LogP contribution in [-0.4, -0.2) is 26.7 Å². The number of hydrogen-bond donors (Lipinski definition) is 1. The summed E-state index contributed by atoms with van der Waals surface area (Å²) in [5.41, 5.74) is 1.74. The van der Waals surface area contributed by atoms with Gasteiger partial charge in [0.1, 0.15) is 12.3 Å². The molecule has 0 atom stereocenters. The molecule has 17 heavy (non-hydrogen) atoms. The van der Waals surface area contributed by atoms with Crippen LogP contribution in [0.1, 0.15) is 12.5 Å². The lowest BCUT2D eigenvalue weighted by molar-refractivity contribution is -0.138. The van der Waals surface area contributed by atoms with E-state index < -0.39 is 0 Å². The summed E-state index contributed by atoms with van der Waals surface area (Å²) in [6, 6.07) is 3.62. The summed E-state index contributed by atoms with van der Waals surface area (Å²) >= 11 is 6.07. The number of nitrogens with one attached hydrogen (secondary N) is 1. The standard InChI is InChI=1S/C12H16ClNO3/c1-4-8-5-10(14-7-12(15)17-3)11(16-2)6-9(8)13/h5-6,14H,4,7H2,1-3H3. The van der Waals surface area contributed by atoms with Crippen LogP contribution < -0.4 is 10.1 Å². The fourth-order valence-corrected chi connectivity index (χ4v) is 1.70. The van der Waals surface area contributed by atoms with Gasteiger partial charge in [0.15, 0.2) is 0 Å². The molecular weight excluding hydrogens is 242 g/mol. The number of halogens is 1. The fourth-order valence-electron chi connectivity index (χ4n) is 1.42. The Hall–Kier alpha value is -1.42. The van der Waals surface area contributed by atoms with Gasteiger partial charge in [0, 0.05) is 11.1 Å². The van der Waals surface area contributed by atoms with Crippen molar-refractivity contribution in [1.82, 2.24) is 0 Å². The zero-order chi connectivity index (χ0) is 12.8. The van der Waals surface area contributed by atoms with Crippen molar-refractivity contribution < 1.29 is 14.3 Å². The lowest BCUT2D eigenvalue weighted by Gasteiger charge is -2.13. The highest BCUT2D eigenvalue weighted by Gasteiger charge is 2.09. The summed E-state index contributed by atoms with van der Waals surface area (Å²) in [5, 5.41) is 3.62. The van der Waals surface area contributed by atoms with Gasteiger partial charge in [-0.15, -0.1) is 0 Å². The van der Waals surface area contributed by atoms with Crippen LogP contribution in [0.2, 0.25) is 5.02 Å². The first kappa shape index (κ1) is 13.6. The third kappa shape index (κ3) is 3.53. The number of esters is 1. The van der Waals surface area contributed by atoms with E-state index in [-0.39, 0.29) is 12.5 Å². The normalized spacial score (nSPS) is 9.88. The molecule has 4 nitrogen and oxygen atoms in total. The lowest BCUT2D eigenvalue weighted by atomic mass is 10.1. The Bertz CT molecular complexity index is 407. The monoisotopic (exact) mass is 257 g/mol. The number of carbonyl (C=O) groups excluding carboxylic acids is 1. The first-order chi connectivity index (χ1) is 8.12. The molecule has 1 N–H and O–H groups in total. The molecule has 5 heteroatoms. The second-order valence-corrected chi connectivity index (χ2v) is 3.83. The Kier molecular flexibility index (Phi) is 5.10. The minimum Gasteiger partial charge on any atom is -0.495 e. The van der Waals surface area contributed by atoms with E-state index in [4.69, 9.17) is 16.3 Å². The highest BCUT2D eigenvalue weighted by Crippen LogP contribution is 2.31. The van der Waals surface area contributed by atoms with Gasteiger partial charge in [-0.2, -0.15) is 0 Å². The number of ether oxygens (including phenoxy) is 2. The Morgan fingerprint density at radius 2 is 2.12 bits per heavy atom. The van der Waals surface area contributed by atoms with Crippen LogP contribution >= 0.6 is 11.6 Å². The van der Waals surface area contributed by atoms with Gasteiger partial charge >= 0.3 is 5.97 Å². The Labute approximate surface area is 106 Å². The topological polar surface area (TPSA) is 47.6 Å². The minimum atomic E-state index is -0.333. The molecule has 0 spiro atoms. The maximum atomic E-state index is 11.1. The summed E-state index contributed by atoms with van der Waals surface area (Å²) in [6.07, 6.45) is 0.815. The molecule has 0 fully saturated rings. The summed E-state index contributed by atoms with van der Waals surface area (Å²) < 4.78 is 9.75. The average molecular weight is 258 g/mol. The van der Waals surface area contributed by atoms with E-state index in [9.17, 15) is 4.79 Å². The van der Waals surface area contributed by atoms with Gasteiger partial charge in [0.25, 0.3) is 0 Å². The van der Waals surface area contributed by atoms with Crippen LogP contribution in [-0.2, 0) is 16.0 Å². The van der Waals surface area contributed by atoms with Crippen LogP contribution in [0.5, 0.6) is 5.75 Å². The van der Waals surface area contributed by atoms with Crippen LogP contribution in [0.25, 0.3) is 0 Å². The van der Waals surface area contributed by atoms with Crippen molar-refractivity contribution >= 4 is 23.3 Å². The summed E-state index contributed by atoms with van der Waals surface area (Å²) in [6.45, 7) is 2.11. The quantitative estimate of drug-likeness (QED) is 0.824. The second-order valence-electron chi connectivity index (χ2n) is 3.43. The third-order valence-electron chi connectivity index (χ3n) is 2.40. The van der Waals surface area contributed by atoms with Crippen molar-refractivity contribution in [2.24, 2.45) is 0 Å². The van der Waals surface area contributed by atoms with Gasteiger partial charge < -0.3 is 14.8 Å². The van der Waals surface area contributed by atoms with Crippen molar-refractivity contribution in [2.75, 3.05) is 26.1 Å². The molecule has 0 amide bonds. The van der Waals surface area contributed by atoms with Gasteiger partial charge in [0.05, 0.1) is 19.9 Å². The SMILES string of the molecule is CCc1cc(NCC(=O)OC)c(OC)cc1Cl. The van der Waals surface area contributed by atoms with Gasteiger partial charge in [-0.3, -0.25) is 4.79 Å². The zero-order valence-corrected chi connectivity index (χ0v) is 10.9. The molecule has 0 heterocycles. The van der Waals surface area contributed by atoms with Crippen LogP contribution in [0, 0.1) is 0 Å². The minimum absolute atomic E-state index is 0.0949. The number of carbonyl (C=O) groups is 1. The van der Waals surface area contributed by atoms with E-state index in [1.807, 2.05) is 13.0 Å². The van der Waals surface area contributed by atoms with E-state index >= 15 is 0 Å². The number of aryl methyl sites for hydroxylation is 1. The van der Waals surface area contributed by atoms with Crippen molar-refractivity contribution in [1.29, 1.82) is 0 Å². The Morgan fingerprint density at radius 3 is 2.65 bits per heavy atom. The fraction of sp³-hybridized carbons (Fsp3) is 0.417. The molecular formula is C12H16ClNO3. The maximum absolute atomic E-state index is 11.1. The molecule has 0 aromatic heterocycles. The number of methoxy groups -OCH3 is 2. The van der Waals surface area contributed by atoms with Crippen molar-refractivity contribution in [2.45, 2.75) is 13.3 Å². The van der Waals surface area contributed by atoms with Crippen molar-refractivity contribution in [3.63, 3.8) is 0 Å². The Morgan fingerprint density at radius 1 is 1.41 bits per heavy atom. The molecule has 0 bridgehead atoms. The van der Waals surface area contributed by atoms with Gasteiger partial charge in [-0.25, -0.2) is 0 Å². The summed E-state index contributed by atoms with van der Waals surface area (Å²) in [4.78, 5) is 11.1. The van der Waals surface area contributed by atoms with Gasteiger partial charge in [0.2, 0.25) is 0 Å². The first-order valence-corrected chi connectivity index (χ1v) is 5.67. The molecule has 0 aliphatic rings. The first-order valence-electron chi connectivity index (χ1n) is 5.29. The second kappa shape index (κ2) is 6.35. The van der Waals surface area contributed by atoms with E-state index in [0.29, 0.717) is 10.8 Å². The van der Waals surface area contributed by atoms with E-state index in [1.165, 1.54) is 7.11 Å². The summed E-state index contributed by atoms with van der Waals surface area (Å²) in [5.74, 6) is 0.274. The van der Waals surface area contributed by atoms with E-state index in [0.717, 1.165) is 17.7 Å². The molecule has 0 aliphatic heterocycles. The molecule has 1 rings (SSSR count). The third-order valence-corrected chi connectivity index (χ3v) is 2.75. The summed E-state index contributed by atoms with van der Waals surface area (Å²) in [7, 11) is 2.90. The molecule has 1 aromatic carbocycles. The van der Waals surface area contributed by atoms with Gasteiger partial charge in [-0.1, -0.05) is 18.5 Å². The molecule has 1 aromatic rings. The lowest BCUT2D eigenvalue weighted by Crippen LogP contribution is -2.15. The number of rotatable bonds is 5. The van der Waals surface area contributed by atoms with Crippen LogP contribution in [0.4, 0.5) is 5.69 Å². The zero-order valence-electron chi connectivity index (χ0n) is 10.2. The molecule has 94 valence electrons. The number of anilines is 1. The van der Waals surface area contributed by atoms with E-state index in [1.54, 1.807) is 13.2 Å². The van der Waals surface area contributed by atoms with Crippen molar-refractivity contribution in [3.8, 4) is 5.75 Å². The predicted molar refractivity (Wildman–Crippen MR) is 67.9 cm³/mol.